The van der Waals surface area contributed by atoms with E-state index in [4.69, 9.17) is 14.2 Å². The molecule has 1 rings (SSSR count). The highest BCUT2D eigenvalue weighted by Gasteiger charge is 2.23. The van der Waals surface area contributed by atoms with Crippen LogP contribution in [-0.2, 0) is 19.1 Å². The van der Waals surface area contributed by atoms with Gasteiger partial charge in [-0.05, 0) is 42.0 Å². The van der Waals surface area contributed by atoms with E-state index in [1.165, 1.54) is 6.08 Å². The summed E-state index contributed by atoms with van der Waals surface area (Å²) in [4.78, 5) is 25.0. The predicted octanol–water partition coefficient (Wildman–Crippen LogP) is 4.65. The normalized spacial score (nSPS) is 13.6. The molecule has 1 aromatic rings. The van der Waals surface area contributed by atoms with Crippen LogP contribution in [0.3, 0.4) is 0 Å². The molecule has 0 N–H and O–H groups in total. The Balaban J connectivity index is 2.94. The second kappa shape index (κ2) is 12.2. The van der Waals surface area contributed by atoms with E-state index < -0.39 is 11.9 Å². The summed E-state index contributed by atoms with van der Waals surface area (Å²) >= 11 is 0. The molecule has 0 aromatic heterocycles. The molecule has 5 heteroatoms. The molecule has 0 spiro atoms. The number of carbonyl (C=O) groups is 2. The molecule has 0 amide bonds. The third-order valence-electron chi connectivity index (χ3n) is 4.34. The third kappa shape index (κ3) is 8.29. The molecule has 0 aliphatic heterocycles. The molecular weight excluding hydrogens is 344 g/mol. The lowest BCUT2D eigenvalue weighted by Gasteiger charge is -2.14. The van der Waals surface area contributed by atoms with Gasteiger partial charge < -0.3 is 14.2 Å². The van der Waals surface area contributed by atoms with Gasteiger partial charge in [-0.2, -0.15) is 0 Å². The van der Waals surface area contributed by atoms with Gasteiger partial charge in [-0.25, -0.2) is 9.59 Å². The number of rotatable bonds is 11. The van der Waals surface area contributed by atoms with Crippen LogP contribution in [-0.4, -0.2) is 32.3 Å². The van der Waals surface area contributed by atoms with Crippen molar-refractivity contribution in [3.05, 3.63) is 35.4 Å². The monoisotopic (exact) mass is 376 g/mol. The second-order valence-corrected chi connectivity index (χ2v) is 6.94. The Labute approximate surface area is 162 Å². The van der Waals surface area contributed by atoms with Crippen LogP contribution in [0.4, 0.5) is 0 Å². The average Bonchev–Trinajstić information content (AvgIpc) is 2.68. The standard InChI is InChI=1S/C22H32O5/c1-6-8-17(4)15-27-22(24)20(21(23)26-14-16(3)7-2)13-18-9-11-19(25-5)12-10-18/h9-13,16-17H,6-8,14-15H2,1-5H3/b20-13-. The maximum absolute atomic E-state index is 12.5. The fourth-order valence-corrected chi connectivity index (χ4v) is 2.35. The summed E-state index contributed by atoms with van der Waals surface area (Å²) in [5.41, 5.74) is 0.608. The van der Waals surface area contributed by atoms with Gasteiger partial charge in [0.2, 0.25) is 0 Å². The summed E-state index contributed by atoms with van der Waals surface area (Å²) in [6.07, 6.45) is 4.38. The molecule has 2 atom stereocenters. The third-order valence-corrected chi connectivity index (χ3v) is 4.34. The maximum Gasteiger partial charge on any atom is 0.345 e. The van der Waals surface area contributed by atoms with Crippen molar-refractivity contribution in [1.29, 1.82) is 0 Å². The lowest BCUT2D eigenvalue weighted by molar-refractivity contribution is -0.148. The van der Waals surface area contributed by atoms with Crippen molar-refractivity contribution in [3.63, 3.8) is 0 Å². The molecule has 0 saturated carbocycles. The van der Waals surface area contributed by atoms with Crippen LogP contribution in [0.25, 0.3) is 6.08 Å². The minimum absolute atomic E-state index is 0.0906. The number of carbonyl (C=O) groups excluding carboxylic acids is 2. The first-order valence-electron chi connectivity index (χ1n) is 9.61. The molecule has 0 saturated heterocycles. The van der Waals surface area contributed by atoms with Gasteiger partial charge in [0, 0.05) is 0 Å². The Kier molecular flexibility index (Phi) is 10.2. The second-order valence-electron chi connectivity index (χ2n) is 6.94. The van der Waals surface area contributed by atoms with Crippen LogP contribution in [0.2, 0.25) is 0 Å². The molecule has 0 aliphatic carbocycles. The van der Waals surface area contributed by atoms with Crippen molar-refractivity contribution in [2.75, 3.05) is 20.3 Å². The van der Waals surface area contributed by atoms with Crippen molar-refractivity contribution >= 4 is 18.0 Å². The van der Waals surface area contributed by atoms with E-state index in [2.05, 4.69) is 6.92 Å². The summed E-state index contributed by atoms with van der Waals surface area (Å²) in [7, 11) is 1.58. The van der Waals surface area contributed by atoms with E-state index in [-0.39, 0.29) is 30.6 Å². The van der Waals surface area contributed by atoms with Crippen molar-refractivity contribution < 1.29 is 23.8 Å². The number of benzene rings is 1. The van der Waals surface area contributed by atoms with Gasteiger partial charge in [0.15, 0.2) is 0 Å². The lowest BCUT2D eigenvalue weighted by Crippen LogP contribution is -2.22. The summed E-state index contributed by atoms with van der Waals surface area (Å²) in [6, 6.07) is 7.08. The van der Waals surface area contributed by atoms with E-state index in [0.29, 0.717) is 11.3 Å². The first-order chi connectivity index (χ1) is 12.9. The van der Waals surface area contributed by atoms with E-state index in [9.17, 15) is 9.59 Å². The highest BCUT2D eigenvalue weighted by Crippen LogP contribution is 2.16. The van der Waals surface area contributed by atoms with Gasteiger partial charge in [-0.15, -0.1) is 0 Å². The highest BCUT2D eigenvalue weighted by atomic mass is 16.6. The van der Waals surface area contributed by atoms with Gasteiger partial charge in [0.05, 0.1) is 20.3 Å². The SMILES string of the molecule is CCCC(C)COC(=O)/C(=C\c1ccc(OC)cc1)C(=O)OCC(C)CC. The topological polar surface area (TPSA) is 61.8 Å². The Morgan fingerprint density at radius 3 is 2.00 bits per heavy atom. The summed E-state index contributed by atoms with van der Waals surface area (Å²) in [5, 5.41) is 0. The molecule has 0 aliphatic rings. The van der Waals surface area contributed by atoms with Crippen molar-refractivity contribution in [3.8, 4) is 5.75 Å². The zero-order valence-electron chi connectivity index (χ0n) is 17.1. The van der Waals surface area contributed by atoms with Crippen LogP contribution in [0.15, 0.2) is 29.8 Å². The van der Waals surface area contributed by atoms with Gasteiger partial charge >= 0.3 is 11.9 Å². The highest BCUT2D eigenvalue weighted by molar-refractivity contribution is 6.17. The van der Waals surface area contributed by atoms with Crippen molar-refractivity contribution in [2.24, 2.45) is 11.8 Å². The molecule has 0 bridgehead atoms. The molecule has 0 radical (unpaired) electrons. The smallest absolute Gasteiger partial charge is 0.345 e. The number of ether oxygens (including phenoxy) is 3. The Morgan fingerprint density at radius 1 is 0.963 bits per heavy atom. The largest absolute Gasteiger partial charge is 0.497 e. The average molecular weight is 376 g/mol. The first-order valence-corrected chi connectivity index (χ1v) is 9.61. The van der Waals surface area contributed by atoms with E-state index >= 15 is 0 Å². The molecule has 0 fully saturated rings. The van der Waals surface area contributed by atoms with Crippen molar-refractivity contribution in [2.45, 2.75) is 47.0 Å². The Morgan fingerprint density at radius 2 is 1.52 bits per heavy atom. The Bertz CT molecular complexity index is 618. The van der Waals surface area contributed by atoms with Crippen LogP contribution < -0.4 is 4.74 Å². The zero-order valence-corrected chi connectivity index (χ0v) is 17.1. The lowest BCUT2D eigenvalue weighted by atomic mass is 10.1. The van der Waals surface area contributed by atoms with Gasteiger partial charge in [0.25, 0.3) is 0 Å². The molecular formula is C22H32O5. The van der Waals surface area contributed by atoms with Crippen LogP contribution in [0, 0.1) is 11.8 Å². The minimum Gasteiger partial charge on any atom is -0.497 e. The fraction of sp³-hybridized carbons (Fsp3) is 0.545. The molecule has 1 aromatic carbocycles. The molecule has 2 unspecified atom stereocenters. The van der Waals surface area contributed by atoms with Gasteiger partial charge in [0.1, 0.15) is 11.3 Å². The van der Waals surface area contributed by atoms with Crippen LogP contribution >= 0.6 is 0 Å². The molecule has 0 heterocycles. The van der Waals surface area contributed by atoms with E-state index in [0.717, 1.165) is 19.3 Å². The Hall–Kier alpha value is -2.30. The minimum atomic E-state index is -0.653. The summed E-state index contributed by atoms with van der Waals surface area (Å²) in [5.74, 6) is -0.125. The van der Waals surface area contributed by atoms with Gasteiger partial charge in [-0.1, -0.05) is 52.7 Å². The summed E-state index contributed by atoms with van der Waals surface area (Å²) < 4.78 is 15.8. The molecule has 27 heavy (non-hydrogen) atoms. The number of esters is 2. The zero-order chi connectivity index (χ0) is 20.2. The van der Waals surface area contributed by atoms with Crippen LogP contribution in [0.1, 0.15) is 52.5 Å². The maximum atomic E-state index is 12.5. The van der Waals surface area contributed by atoms with Crippen LogP contribution in [0.5, 0.6) is 5.75 Å². The number of methoxy groups -OCH3 is 1. The quantitative estimate of drug-likeness (QED) is 0.243. The summed E-state index contributed by atoms with van der Waals surface area (Å²) in [6.45, 7) is 8.67. The van der Waals surface area contributed by atoms with Gasteiger partial charge in [-0.3, -0.25) is 0 Å². The predicted molar refractivity (Wildman–Crippen MR) is 106 cm³/mol. The van der Waals surface area contributed by atoms with Crippen molar-refractivity contribution in [1.82, 2.24) is 0 Å². The van der Waals surface area contributed by atoms with E-state index in [1.54, 1.807) is 31.4 Å². The van der Waals surface area contributed by atoms with E-state index in [1.807, 2.05) is 20.8 Å². The fourth-order valence-electron chi connectivity index (χ4n) is 2.35. The first kappa shape index (κ1) is 22.7. The number of hydrogen-bond donors (Lipinski definition) is 0. The molecule has 5 nitrogen and oxygen atoms in total. The molecule has 150 valence electrons. The number of hydrogen-bond acceptors (Lipinski definition) is 5.